The summed E-state index contributed by atoms with van der Waals surface area (Å²) in [5.74, 6) is 0.460. The van der Waals surface area contributed by atoms with Gasteiger partial charge >= 0.3 is 0 Å². The lowest BCUT2D eigenvalue weighted by molar-refractivity contribution is -0.291. The molecule has 6 heteroatoms. The van der Waals surface area contributed by atoms with Gasteiger partial charge in [0.25, 0.3) is 0 Å². The van der Waals surface area contributed by atoms with Crippen molar-refractivity contribution in [3.8, 4) is 0 Å². The Balaban J connectivity index is 1.79. The Morgan fingerprint density at radius 3 is 2.34 bits per heavy atom. The molecular formula is C29H46O6. The van der Waals surface area contributed by atoms with E-state index < -0.39 is 30.7 Å². The Hall–Kier alpha value is -1.02. The summed E-state index contributed by atoms with van der Waals surface area (Å²) in [7, 11) is 0. The van der Waals surface area contributed by atoms with Crippen LogP contribution < -0.4 is 0 Å². The molecule has 1 aliphatic heterocycles. The molecule has 3 aliphatic carbocycles. The number of aliphatic hydroxyl groups excluding tert-OH is 4. The van der Waals surface area contributed by atoms with Crippen molar-refractivity contribution in [2.24, 2.45) is 22.2 Å². The third-order valence-electron chi connectivity index (χ3n) is 9.17. The van der Waals surface area contributed by atoms with Crippen LogP contribution in [0.15, 0.2) is 34.4 Å². The van der Waals surface area contributed by atoms with Crippen LogP contribution in [0, 0.1) is 22.2 Å². The van der Waals surface area contributed by atoms with Crippen LogP contribution in [0.3, 0.4) is 0 Å². The highest BCUT2D eigenvalue weighted by atomic mass is 16.7. The van der Waals surface area contributed by atoms with Gasteiger partial charge in [-0.05, 0) is 65.6 Å². The Labute approximate surface area is 210 Å². The van der Waals surface area contributed by atoms with Gasteiger partial charge in [-0.3, -0.25) is 0 Å². The Kier molecular flexibility index (Phi) is 7.24. The highest BCUT2D eigenvalue weighted by Gasteiger charge is 2.54. The Morgan fingerprint density at radius 2 is 1.71 bits per heavy atom. The predicted octanol–water partition coefficient (Wildman–Crippen LogP) is 4.03. The summed E-state index contributed by atoms with van der Waals surface area (Å²) in [6.07, 6.45) is 3.21. The van der Waals surface area contributed by atoms with Crippen molar-refractivity contribution in [3.05, 3.63) is 34.4 Å². The van der Waals surface area contributed by atoms with E-state index in [9.17, 15) is 20.4 Å². The SMILES string of the molecule is CC(C)C1=C2C3=CC=C(C(O)C(C)(C)C)C[C@H](O[C@@H]4OC[C@@H](O)[C@H](O)[C@H]4O)[C@]3(C)CC[C@@]2(C)CC1. The molecular weight excluding hydrogens is 444 g/mol. The average molecular weight is 491 g/mol. The zero-order chi connectivity index (χ0) is 25.9. The molecule has 0 aromatic heterocycles. The van der Waals surface area contributed by atoms with Crippen LogP contribution >= 0.6 is 0 Å². The van der Waals surface area contributed by atoms with Crippen molar-refractivity contribution in [2.75, 3.05) is 6.61 Å². The monoisotopic (exact) mass is 490 g/mol. The van der Waals surface area contributed by atoms with Gasteiger partial charge < -0.3 is 29.9 Å². The zero-order valence-corrected chi connectivity index (χ0v) is 22.5. The van der Waals surface area contributed by atoms with E-state index in [0.717, 1.165) is 31.3 Å². The first-order valence-corrected chi connectivity index (χ1v) is 13.3. The molecule has 8 atom stereocenters. The second-order valence-electron chi connectivity index (χ2n) is 13.2. The molecule has 4 aliphatic rings. The summed E-state index contributed by atoms with van der Waals surface area (Å²) >= 11 is 0. The third-order valence-corrected chi connectivity index (χ3v) is 9.17. The highest BCUT2D eigenvalue weighted by molar-refractivity contribution is 5.52. The lowest BCUT2D eigenvalue weighted by atomic mass is 9.57. The number of allylic oxidation sites excluding steroid dienone is 4. The first-order chi connectivity index (χ1) is 16.2. The van der Waals surface area contributed by atoms with E-state index in [0.29, 0.717) is 12.3 Å². The van der Waals surface area contributed by atoms with Gasteiger partial charge in [-0.25, -0.2) is 0 Å². The molecule has 1 unspecified atom stereocenters. The van der Waals surface area contributed by atoms with E-state index in [1.54, 1.807) is 0 Å². The van der Waals surface area contributed by atoms with Crippen LogP contribution in [0.25, 0.3) is 0 Å². The van der Waals surface area contributed by atoms with Gasteiger partial charge in [0.1, 0.15) is 18.3 Å². The maximum Gasteiger partial charge on any atom is 0.186 e. The van der Waals surface area contributed by atoms with Crippen LogP contribution in [-0.4, -0.2) is 63.8 Å². The molecule has 4 rings (SSSR count). The zero-order valence-electron chi connectivity index (χ0n) is 22.5. The molecule has 0 aromatic carbocycles. The number of aliphatic hydroxyl groups is 4. The van der Waals surface area contributed by atoms with Crippen LogP contribution in [-0.2, 0) is 9.47 Å². The highest BCUT2D eigenvalue weighted by Crippen LogP contribution is 2.62. The van der Waals surface area contributed by atoms with E-state index in [4.69, 9.17) is 9.47 Å². The summed E-state index contributed by atoms with van der Waals surface area (Å²) in [6.45, 7) is 15.2. The summed E-state index contributed by atoms with van der Waals surface area (Å²) < 4.78 is 12.2. The number of ether oxygens (including phenoxy) is 2. The molecule has 0 radical (unpaired) electrons. The molecule has 2 fully saturated rings. The van der Waals surface area contributed by atoms with Gasteiger partial charge in [-0.15, -0.1) is 0 Å². The van der Waals surface area contributed by atoms with Crippen LogP contribution in [0.4, 0.5) is 0 Å². The normalized spacial score (nSPS) is 41.2. The van der Waals surface area contributed by atoms with Crippen LogP contribution in [0.2, 0.25) is 0 Å². The molecule has 0 aromatic rings. The molecule has 198 valence electrons. The summed E-state index contributed by atoms with van der Waals surface area (Å²) in [4.78, 5) is 0. The second kappa shape index (κ2) is 9.38. The topological polar surface area (TPSA) is 99.4 Å². The lowest BCUT2D eigenvalue weighted by Crippen LogP contribution is -2.56. The molecule has 35 heavy (non-hydrogen) atoms. The summed E-state index contributed by atoms with van der Waals surface area (Å²) in [5.41, 5.74) is 4.61. The minimum absolute atomic E-state index is 0.0942. The van der Waals surface area contributed by atoms with E-state index >= 15 is 0 Å². The number of fused-ring (bicyclic) bond motifs is 3. The second-order valence-corrected chi connectivity index (χ2v) is 13.2. The van der Waals surface area contributed by atoms with Crippen molar-refractivity contribution < 1.29 is 29.9 Å². The smallest absolute Gasteiger partial charge is 0.186 e. The van der Waals surface area contributed by atoms with Crippen molar-refractivity contribution in [1.29, 1.82) is 0 Å². The van der Waals surface area contributed by atoms with Gasteiger partial charge in [0.2, 0.25) is 0 Å². The third kappa shape index (κ3) is 4.71. The molecule has 6 nitrogen and oxygen atoms in total. The van der Waals surface area contributed by atoms with Gasteiger partial charge in [-0.2, -0.15) is 0 Å². The molecule has 0 spiro atoms. The molecule has 1 saturated heterocycles. The van der Waals surface area contributed by atoms with Crippen molar-refractivity contribution in [3.63, 3.8) is 0 Å². The van der Waals surface area contributed by atoms with Crippen molar-refractivity contribution in [2.45, 2.75) is 117 Å². The van der Waals surface area contributed by atoms with Gasteiger partial charge in [0.15, 0.2) is 6.29 Å². The van der Waals surface area contributed by atoms with Crippen LogP contribution in [0.5, 0.6) is 0 Å². The predicted molar refractivity (Wildman–Crippen MR) is 135 cm³/mol. The first kappa shape index (κ1) is 27.0. The fourth-order valence-corrected chi connectivity index (χ4v) is 6.65. The molecule has 1 heterocycles. The minimum Gasteiger partial charge on any atom is -0.388 e. The minimum atomic E-state index is -1.34. The maximum absolute atomic E-state index is 11.3. The molecule has 0 amide bonds. The number of rotatable bonds is 4. The molecule has 4 N–H and O–H groups in total. The summed E-state index contributed by atoms with van der Waals surface area (Å²) in [5, 5.41) is 42.1. The Morgan fingerprint density at radius 1 is 1.03 bits per heavy atom. The van der Waals surface area contributed by atoms with E-state index in [2.05, 4.69) is 39.8 Å². The average Bonchev–Trinajstić information content (AvgIpc) is 3.06. The molecule has 0 bridgehead atoms. The quantitative estimate of drug-likeness (QED) is 0.475. The van der Waals surface area contributed by atoms with Crippen molar-refractivity contribution in [1.82, 2.24) is 0 Å². The van der Waals surface area contributed by atoms with E-state index in [-0.39, 0.29) is 29.0 Å². The standard InChI is InChI=1S/C29H46O6/c1-16(2)18-10-11-28(6)12-13-29(7)19(22(18)28)9-8-17(25(33)27(3,4)5)14-21(29)35-26-24(32)23(31)20(30)15-34-26/h8-9,16,20-21,23-26,30-33H,10-15H2,1-7H3/t20-,21+,23+,24-,25?,26+,28-,29-/m1/s1. The number of hydrogen-bond acceptors (Lipinski definition) is 6. The van der Waals surface area contributed by atoms with Crippen LogP contribution in [0.1, 0.15) is 80.6 Å². The largest absolute Gasteiger partial charge is 0.388 e. The van der Waals surface area contributed by atoms with Gasteiger partial charge in [-0.1, -0.05) is 66.2 Å². The summed E-state index contributed by atoms with van der Waals surface area (Å²) in [6, 6.07) is 0. The lowest BCUT2D eigenvalue weighted by Gasteiger charge is -2.50. The molecule has 1 saturated carbocycles. The fraction of sp³-hybridized carbons (Fsp3) is 0.793. The van der Waals surface area contributed by atoms with Gasteiger partial charge in [0.05, 0.1) is 18.8 Å². The van der Waals surface area contributed by atoms with Gasteiger partial charge in [0, 0.05) is 5.41 Å². The first-order valence-electron chi connectivity index (χ1n) is 13.3. The fourth-order valence-electron chi connectivity index (χ4n) is 6.65. The Bertz CT molecular complexity index is 911. The van der Waals surface area contributed by atoms with Crippen molar-refractivity contribution >= 4 is 0 Å². The van der Waals surface area contributed by atoms with E-state index in [1.807, 2.05) is 20.8 Å². The number of hydrogen-bond donors (Lipinski definition) is 4. The van der Waals surface area contributed by atoms with E-state index in [1.165, 1.54) is 16.7 Å². The maximum atomic E-state index is 11.3.